The Morgan fingerprint density at radius 1 is 1.31 bits per heavy atom. The third kappa shape index (κ3) is 7.28. The number of ether oxygens (including phenoxy) is 2. The average Bonchev–Trinajstić information content (AvgIpc) is 2.43. The molecule has 2 N–H and O–H groups in total. The maximum absolute atomic E-state index is 12.1. The van der Waals surface area contributed by atoms with Gasteiger partial charge in [-0.25, -0.2) is 4.79 Å². The van der Waals surface area contributed by atoms with Crippen molar-refractivity contribution in [2.45, 2.75) is 39.5 Å². The predicted octanol–water partition coefficient (Wildman–Crippen LogP) is 3.27. The highest BCUT2D eigenvalue weighted by molar-refractivity contribution is 6.30. The lowest BCUT2D eigenvalue weighted by atomic mass is 10.1. The van der Waals surface area contributed by atoms with E-state index in [2.05, 4.69) is 5.32 Å². The van der Waals surface area contributed by atoms with Gasteiger partial charge in [0, 0.05) is 17.5 Å². The van der Waals surface area contributed by atoms with Crippen molar-refractivity contribution in [2.75, 3.05) is 18.9 Å². The molecule has 1 amide bonds. The minimum atomic E-state index is -1.29. The molecule has 1 aromatic rings. The lowest BCUT2D eigenvalue weighted by molar-refractivity contribution is -0.166. The number of nitrogens with zero attached hydrogens (tertiary/aromatic N) is 1. The van der Waals surface area contributed by atoms with Crippen LogP contribution in [0.5, 0.6) is 0 Å². The fraction of sp³-hybridized carbons (Fsp3) is 0.471. The number of nitrogens with one attached hydrogen (secondary N) is 1. The average molecular weight is 387 g/mol. The van der Waals surface area contributed by atoms with E-state index in [1.165, 1.54) is 30.0 Å². The summed E-state index contributed by atoms with van der Waals surface area (Å²) in [6.07, 6.45) is -2.33. The van der Waals surface area contributed by atoms with Gasteiger partial charge in [0.05, 0.1) is 12.2 Å². The largest absolute Gasteiger partial charge is 0.465 e. The number of amides is 1. The van der Waals surface area contributed by atoms with Crippen LogP contribution < -0.4 is 5.32 Å². The molecule has 144 valence electrons. The number of hydrogen-bond acceptors (Lipinski definition) is 6. The van der Waals surface area contributed by atoms with Gasteiger partial charge in [-0.1, -0.05) is 11.6 Å². The lowest BCUT2D eigenvalue weighted by Crippen LogP contribution is -2.36. The highest BCUT2D eigenvalue weighted by Crippen LogP contribution is 2.31. The van der Waals surface area contributed by atoms with Crippen molar-refractivity contribution >= 4 is 35.3 Å². The Labute approximate surface area is 157 Å². The number of carbonyl (C=O) groups is 3. The van der Waals surface area contributed by atoms with E-state index < -0.39 is 29.9 Å². The molecule has 9 heteroatoms. The summed E-state index contributed by atoms with van der Waals surface area (Å²) < 4.78 is 10.6. The van der Waals surface area contributed by atoms with E-state index in [9.17, 15) is 14.4 Å². The van der Waals surface area contributed by atoms with Crippen molar-refractivity contribution in [2.24, 2.45) is 0 Å². The van der Waals surface area contributed by atoms with E-state index in [1.807, 2.05) is 0 Å². The quantitative estimate of drug-likeness (QED) is 0.571. The van der Waals surface area contributed by atoms with Crippen LogP contribution in [0.15, 0.2) is 18.2 Å². The van der Waals surface area contributed by atoms with Gasteiger partial charge in [0.25, 0.3) is 0 Å². The molecular formula is C17H23ClN2O6. The number of carbonyl (C=O) groups excluding carboxylic acids is 2. The molecule has 8 nitrogen and oxygen atoms in total. The van der Waals surface area contributed by atoms with Crippen LogP contribution >= 0.6 is 11.6 Å². The Kier molecular flexibility index (Phi) is 7.41. The number of esters is 2. The van der Waals surface area contributed by atoms with Crippen LogP contribution in [0.3, 0.4) is 0 Å². The Morgan fingerprint density at radius 2 is 1.92 bits per heavy atom. The van der Waals surface area contributed by atoms with Crippen LogP contribution in [-0.4, -0.2) is 47.2 Å². The van der Waals surface area contributed by atoms with Crippen LogP contribution in [0, 0.1) is 0 Å². The number of likely N-dealkylation sites (N-methyl/N-ethyl adjacent to an activating group) is 1. The predicted molar refractivity (Wildman–Crippen MR) is 96.1 cm³/mol. The first-order chi connectivity index (χ1) is 11.9. The summed E-state index contributed by atoms with van der Waals surface area (Å²) in [6.45, 7) is 6.23. The zero-order valence-electron chi connectivity index (χ0n) is 15.3. The molecule has 26 heavy (non-hydrogen) atoms. The van der Waals surface area contributed by atoms with Gasteiger partial charge in [0.2, 0.25) is 0 Å². The van der Waals surface area contributed by atoms with Crippen LogP contribution in [-0.2, 0) is 19.1 Å². The third-order valence-electron chi connectivity index (χ3n) is 3.00. The number of anilines is 1. The van der Waals surface area contributed by atoms with Gasteiger partial charge in [-0.05, 0) is 46.0 Å². The van der Waals surface area contributed by atoms with Crippen molar-refractivity contribution in [3.05, 3.63) is 28.8 Å². The Morgan fingerprint density at radius 3 is 2.42 bits per heavy atom. The van der Waals surface area contributed by atoms with Crippen molar-refractivity contribution < 1.29 is 29.0 Å². The molecule has 0 saturated carbocycles. The number of rotatable bonds is 6. The van der Waals surface area contributed by atoms with Gasteiger partial charge >= 0.3 is 18.0 Å². The lowest BCUT2D eigenvalue weighted by Gasteiger charge is -2.29. The molecule has 0 aliphatic rings. The van der Waals surface area contributed by atoms with Crippen LogP contribution in [0.4, 0.5) is 10.5 Å². The van der Waals surface area contributed by atoms with Gasteiger partial charge in [-0.2, -0.15) is 0 Å². The van der Waals surface area contributed by atoms with Gasteiger partial charge in [0.1, 0.15) is 5.60 Å². The highest BCUT2D eigenvalue weighted by atomic mass is 35.5. The Bertz CT molecular complexity index is 686. The van der Waals surface area contributed by atoms with E-state index in [4.69, 9.17) is 26.2 Å². The first kappa shape index (κ1) is 21.7. The van der Waals surface area contributed by atoms with Crippen molar-refractivity contribution in [3.8, 4) is 0 Å². The van der Waals surface area contributed by atoms with Crippen molar-refractivity contribution in [1.82, 2.24) is 4.90 Å². The topological polar surface area (TPSA) is 105 Å². The summed E-state index contributed by atoms with van der Waals surface area (Å²) in [7, 11) is 1.54. The van der Waals surface area contributed by atoms with E-state index in [1.54, 1.807) is 27.8 Å². The monoisotopic (exact) mass is 386 g/mol. The molecule has 1 rings (SSSR count). The molecule has 0 aliphatic heterocycles. The number of benzene rings is 1. The molecule has 0 fully saturated rings. The first-order valence-corrected chi connectivity index (χ1v) is 8.15. The second-order valence-electron chi connectivity index (χ2n) is 6.63. The number of hydrogen-bond donors (Lipinski definition) is 2. The highest BCUT2D eigenvalue weighted by Gasteiger charge is 2.27. The van der Waals surface area contributed by atoms with Gasteiger partial charge < -0.3 is 14.6 Å². The second-order valence-corrected chi connectivity index (χ2v) is 7.06. The van der Waals surface area contributed by atoms with Crippen molar-refractivity contribution in [3.63, 3.8) is 0 Å². The molecule has 0 heterocycles. The third-order valence-corrected chi connectivity index (χ3v) is 3.23. The normalized spacial score (nSPS) is 12.4. The smallest absolute Gasteiger partial charge is 0.409 e. The van der Waals surface area contributed by atoms with E-state index >= 15 is 0 Å². The fourth-order valence-electron chi connectivity index (χ4n) is 2.18. The molecule has 0 saturated heterocycles. The molecule has 0 aliphatic carbocycles. The van der Waals surface area contributed by atoms with Crippen LogP contribution in [0.25, 0.3) is 0 Å². The van der Waals surface area contributed by atoms with Gasteiger partial charge in [-0.15, -0.1) is 0 Å². The van der Waals surface area contributed by atoms with E-state index in [-0.39, 0.29) is 12.2 Å². The van der Waals surface area contributed by atoms with Crippen LogP contribution in [0.2, 0.25) is 5.02 Å². The Balaban J connectivity index is 3.17. The van der Waals surface area contributed by atoms with Gasteiger partial charge in [-0.3, -0.25) is 19.8 Å². The molecular weight excluding hydrogens is 364 g/mol. The summed E-state index contributed by atoms with van der Waals surface area (Å²) in [4.78, 5) is 36.1. The standard InChI is InChI=1S/C17H23ClN2O6/c1-10(21)25-15(20(5)9-14(22)26-17(2,3)4)12-8-11(18)6-7-13(12)19-16(23)24/h6-8,15,19H,9H2,1-5H3,(H,23,24). The zero-order chi connectivity index (χ0) is 20.1. The van der Waals surface area contributed by atoms with Crippen LogP contribution in [0.1, 0.15) is 39.5 Å². The van der Waals surface area contributed by atoms with Crippen molar-refractivity contribution in [1.29, 1.82) is 0 Å². The summed E-state index contributed by atoms with van der Waals surface area (Å²) in [5.74, 6) is -1.13. The minimum absolute atomic E-state index is 0.184. The molecule has 0 radical (unpaired) electrons. The fourth-order valence-corrected chi connectivity index (χ4v) is 2.36. The second kappa shape index (κ2) is 8.86. The number of carboxylic acid groups (broad SMARTS) is 1. The molecule has 1 atom stereocenters. The number of halogens is 1. The molecule has 0 spiro atoms. The molecule has 1 aromatic carbocycles. The SMILES string of the molecule is CC(=O)OC(c1cc(Cl)ccc1NC(=O)O)N(C)CC(=O)OC(C)(C)C. The molecule has 0 bridgehead atoms. The summed E-state index contributed by atoms with van der Waals surface area (Å²) in [6, 6.07) is 4.41. The summed E-state index contributed by atoms with van der Waals surface area (Å²) in [5.41, 5.74) is -0.189. The summed E-state index contributed by atoms with van der Waals surface area (Å²) >= 11 is 6.01. The maximum Gasteiger partial charge on any atom is 0.409 e. The Hall–Kier alpha value is -2.32. The first-order valence-electron chi connectivity index (χ1n) is 7.77. The maximum atomic E-state index is 12.1. The minimum Gasteiger partial charge on any atom is -0.465 e. The zero-order valence-corrected chi connectivity index (χ0v) is 16.1. The van der Waals surface area contributed by atoms with E-state index in [0.29, 0.717) is 10.6 Å². The molecule has 0 aromatic heterocycles. The van der Waals surface area contributed by atoms with Gasteiger partial charge in [0.15, 0.2) is 6.23 Å². The summed E-state index contributed by atoms with van der Waals surface area (Å²) in [5, 5.41) is 11.5. The molecule has 1 unspecified atom stereocenters. The van der Waals surface area contributed by atoms with E-state index in [0.717, 1.165) is 0 Å².